The molecule has 0 atom stereocenters. The van der Waals surface area contributed by atoms with Crippen molar-refractivity contribution in [2.24, 2.45) is 0 Å². The molecule has 0 aliphatic heterocycles. The number of rotatable bonds is 9. The van der Waals surface area contributed by atoms with E-state index >= 15 is 0 Å². The van der Waals surface area contributed by atoms with Crippen LogP contribution >= 0.6 is 0 Å². The predicted octanol–water partition coefficient (Wildman–Crippen LogP) is 3.52. The minimum absolute atomic E-state index is 0. The molecule has 0 rings (SSSR count). The Balaban J connectivity index is 0. The second-order valence-corrected chi connectivity index (χ2v) is 3.06. The monoisotopic (exact) mass is 187 g/mol. The van der Waals surface area contributed by atoms with Gasteiger partial charge in [0.05, 0.1) is 13.2 Å². The fraction of sp³-hybridized carbons (Fsp3) is 0.909. The van der Waals surface area contributed by atoms with E-state index in [-0.39, 0.29) is 7.43 Å². The van der Waals surface area contributed by atoms with Gasteiger partial charge in [-0.15, -0.1) is 0 Å². The third kappa shape index (κ3) is 14.7. The van der Waals surface area contributed by atoms with Crippen molar-refractivity contribution in [1.82, 2.24) is 0 Å². The van der Waals surface area contributed by atoms with Crippen LogP contribution in [0.4, 0.5) is 0 Å². The van der Waals surface area contributed by atoms with Gasteiger partial charge in [-0.05, 0) is 20.3 Å². The molecule has 13 heavy (non-hydrogen) atoms. The van der Waals surface area contributed by atoms with Gasteiger partial charge in [-0.1, -0.05) is 39.5 Å². The fourth-order valence-electron chi connectivity index (χ4n) is 0.940. The van der Waals surface area contributed by atoms with Crippen LogP contribution in [0.5, 0.6) is 0 Å². The summed E-state index contributed by atoms with van der Waals surface area (Å²) in [6, 6.07) is 0. The number of hydrogen-bond donors (Lipinski definition) is 0. The van der Waals surface area contributed by atoms with Gasteiger partial charge in [0.2, 0.25) is 0 Å². The highest BCUT2D eigenvalue weighted by Gasteiger charge is 1.89. The zero-order valence-corrected chi connectivity index (χ0v) is 9.05. The molecule has 0 saturated carbocycles. The largest absolute Gasteiger partial charge is 0.237 e. The van der Waals surface area contributed by atoms with Crippen molar-refractivity contribution < 1.29 is 9.78 Å². The molecule has 0 saturated heterocycles. The van der Waals surface area contributed by atoms with Crippen molar-refractivity contribution in [3.63, 3.8) is 0 Å². The molecule has 2 heteroatoms. The first-order valence-electron chi connectivity index (χ1n) is 5.16. The molecule has 0 aromatic carbocycles. The molecule has 0 N–H and O–H groups in total. The molecular weight excluding hydrogens is 164 g/mol. The summed E-state index contributed by atoms with van der Waals surface area (Å²) < 4.78 is 0. The van der Waals surface area contributed by atoms with Crippen LogP contribution in [0.3, 0.4) is 0 Å². The molecule has 0 aromatic rings. The molecule has 0 heterocycles. The first-order chi connectivity index (χ1) is 5.91. The topological polar surface area (TPSA) is 18.5 Å². The van der Waals surface area contributed by atoms with Gasteiger partial charge in [0, 0.05) is 0 Å². The Bertz CT molecular complexity index is 64.5. The Morgan fingerprint density at radius 2 is 1.08 bits per heavy atom. The molecule has 0 aliphatic rings. The highest BCUT2D eigenvalue weighted by atomic mass is 17.2. The smallest absolute Gasteiger partial charge is 0.0822 e. The van der Waals surface area contributed by atoms with Gasteiger partial charge in [0.15, 0.2) is 0 Å². The fourth-order valence-corrected chi connectivity index (χ4v) is 0.940. The van der Waals surface area contributed by atoms with Crippen LogP contribution in [-0.4, -0.2) is 13.2 Å². The van der Waals surface area contributed by atoms with E-state index < -0.39 is 0 Å². The summed E-state index contributed by atoms with van der Waals surface area (Å²) in [6.45, 7) is 5.87. The van der Waals surface area contributed by atoms with Crippen molar-refractivity contribution in [2.75, 3.05) is 13.2 Å². The molecule has 0 unspecified atom stereocenters. The lowest BCUT2D eigenvalue weighted by Crippen LogP contribution is -1.98. The molecule has 0 aliphatic carbocycles. The van der Waals surface area contributed by atoms with Gasteiger partial charge in [0.1, 0.15) is 0 Å². The van der Waals surface area contributed by atoms with Crippen molar-refractivity contribution in [3.05, 3.63) is 7.43 Å². The summed E-state index contributed by atoms with van der Waals surface area (Å²) in [6.07, 6.45) is 7.17. The van der Waals surface area contributed by atoms with Gasteiger partial charge < -0.3 is 0 Å². The second-order valence-electron chi connectivity index (χ2n) is 3.06. The SMILES string of the molecule is CCCCCOOCCCCC.[CH]. The summed E-state index contributed by atoms with van der Waals surface area (Å²) in [5, 5.41) is 0. The zero-order valence-electron chi connectivity index (χ0n) is 9.05. The number of hydrogen-bond acceptors (Lipinski definition) is 2. The minimum Gasteiger partial charge on any atom is -0.237 e. The van der Waals surface area contributed by atoms with E-state index in [4.69, 9.17) is 9.78 Å². The molecule has 0 aromatic heterocycles. The molecule has 0 fully saturated rings. The average Bonchev–Trinajstić information content (AvgIpc) is 2.10. The predicted molar refractivity (Wildman–Crippen MR) is 55.3 cm³/mol. The Kier molecular flexibility index (Phi) is 17.1. The van der Waals surface area contributed by atoms with Gasteiger partial charge in [-0.3, -0.25) is 0 Å². The Hall–Kier alpha value is -0.0800. The summed E-state index contributed by atoms with van der Waals surface area (Å²) >= 11 is 0. The second kappa shape index (κ2) is 14.4. The molecule has 0 bridgehead atoms. The van der Waals surface area contributed by atoms with Crippen LogP contribution in [-0.2, 0) is 9.78 Å². The molecule has 0 amide bonds. The van der Waals surface area contributed by atoms with E-state index in [0.29, 0.717) is 0 Å². The first kappa shape index (κ1) is 15.4. The van der Waals surface area contributed by atoms with Gasteiger partial charge >= 0.3 is 0 Å². The first-order valence-corrected chi connectivity index (χ1v) is 5.16. The maximum absolute atomic E-state index is 4.98. The Morgan fingerprint density at radius 1 is 0.692 bits per heavy atom. The molecule has 3 radical (unpaired) electrons. The van der Waals surface area contributed by atoms with Crippen molar-refractivity contribution in [2.45, 2.75) is 52.4 Å². The van der Waals surface area contributed by atoms with E-state index in [0.717, 1.165) is 26.1 Å². The van der Waals surface area contributed by atoms with Crippen LogP contribution < -0.4 is 0 Å². The van der Waals surface area contributed by atoms with E-state index in [2.05, 4.69) is 13.8 Å². The van der Waals surface area contributed by atoms with E-state index in [1.807, 2.05) is 0 Å². The zero-order chi connectivity index (χ0) is 9.07. The highest BCUT2D eigenvalue weighted by molar-refractivity contribution is 4.34. The quantitative estimate of drug-likeness (QED) is 0.312. The summed E-state index contributed by atoms with van der Waals surface area (Å²) in [5.74, 6) is 0. The van der Waals surface area contributed by atoms with E-state index in [9.17, 15) is 0 Å². The maximum atomic E-state index is 4.98. The van der Waals surface area contributed by atoms with Crippen molar-refractivity contribution in [1.29, 1.82) is 0 Å². The standard InChI is InChI=1S/C10H22O2.CH/c1-3-5-7-9-11-12-10-8-6-4-2;/h3-10H2,1-2H3;1H. The van der Waals surface area contributed by atoms with Crippen LogP contribution in [0.1, 0.15) is 52.4 Å². The van der Waals surface area contributed by atoms with Crippen molar-refractivity contribution >= 4 is 0 Å². The van der Waals surface area contributed by atoms with Crippen LogP contribution in [0.2, 0.25) is 0 Å². The lowest BCUT2D eigenvalue weighted by atomic mass is 10.3. The van der Waals surface area contributed by atoms with Crippen molar-refractivity contribution in [3.8, 4) is 0 Å². The lowest BCUT2D eigenvalue weighted by molar-refractivity contribution is -0.295. The van der Waals surface area contributed by atoms with E-state index in [1.165, 1.54) is 25.7 Å². The minimum atomic E-state index is 0. The molecule has 0 spiro atoms. The Labute approximate surface area is 83.6 Å². The van der Waals surface area contributed by atoms with Gasteiger partial charge in [-0.2, -0.15) is 0 Å². The molecule has 2 nitrogen and oxygen atoms in total. The molecule has 79 valence electrons. The van der Waals surface area contributed by atoms with Crippen LogP contribution in [0.25, 0.3) is 0 Å². The third-order valence-electron chi connectivity index (χ3n) is 1.75. The normalized spacial score (nSPS) is 9.69. The summed E-state index contributed by atoms with van der Waals surface area (Å²) in [4.78, 5) is 9.96. The third-order valence-corrected chi connectivity index (χ3v) is 1.75. The van der Waals surface area contributed by atoms with Crippen LogP contribution in [0.15, 0.2) is 0 Å². The van der Waals surface area contributed by atoms with Gasteiger partial charge in [-0.25, -0.2) is 9.78 Å². The highest BCUT2D eigenvalue weighted by Crippen LogP contribution is 1.97. The molecular formula is C11H23O2. The maximum Gasteiger partial charge on any atom is 0.0822 e. The summed E-state index contributed by atoms with van der Waals surface area (Å²) in [7, 11) is 0. The lowest BCUT2D eigenvalue weighted by Gasteiger charge is -2.02. The average molecular weight is 187 g/mol. The van der Waals surface area contributed by atoms with E-state index in [1.54, 1.807) is 0 Å². The number of unbranched alkanes of at least 4 members (excludes halogenated alkanes) is 4. The summed E-state index contributed by atoms with van der Waals surface area (Å²) in [5.41, 5.74) is 0. The van der Waals surface area contributed by atoms with Crippen LogP contribution in [0, 0.1) is 7.43 Å². The van der Waals surface area contributed by atoms with Gasteiger partial charge in [0.25, 0.3) is 0 Å². The Morgan fingerprint density at radius 3 is 1.38 bits per heavy atom.